The maximum Gasteiger partial charge on any atom is 0.264 e. The molecule has 0 bridgehead atoms. The highest BCUT2D eigenvalue weighted by molar-refractivity contribution is 7.85. The summed E-state index contributed by atoms with van der Waals surface area (Å²) < 4.78 is 38.5. The molecule has 0 spiro atoms. The van der Waals surface area contributed by atoms with Crippen LogP contribution in [0.2, 0.25) is 0 Å². The molecule has 0 aliphatic heterocycles. The molecular formula is C9H19FO3S. The Balaban J connectivity index is 3.40. The zero-order valence-electron chi connectivity index (χ0n) is 8.83. The minimum Gasteiger partial charge on any atom is -0.270 e. The lowest BCUT2D eigenvalue weighted by atomic mass is 10.1. The summed E-state index contributed by atoms with van der Waals surface area (Å²) in [4.78, 5) is 0. The van der Waals surface area contributed by atoms with E-state index in [9.17, 15) is 12.8 Å². The summed E-state index contributed by atoms with van der Waals surface area (Å²) in [5.41, 5.74) is 0. The molecule has 0 heterocycles. The third-order valence-electron chi connectivity index (χ3n) is 1.85. The zero-order chi connectivity index (χ0) is 11.0. The Morgan fingerprint density at radius 1 is 1.29 bits per heavy atom. The summed E-state index contributed by atoms with van der Waals surface area (Å²) in [6.07, 6.45) is 3.63. The van der Waals surface area contributed by atoms with Crippen LogP contribution in [0.1, 0.15) is 39.0 Å². The molecular weight excluding hydrogens is 207 g/mol. The predicted molar refractivity (Wildman–Crippen MR) is 54.5 cm³/mol. The summed E-state index contributed by atoms with van der Waals surface area (Å²) in [6, 6.07) is 0. The van der Waals surface area contributed by atoms with Gasteiger partial charge in [-0.15, -0.1) is 0 Å². The van der Waals surface area contributed by atoms with Crippen LogP contribution in [-0.4, -0.2) is 27.5 Å². The number of rotatable bonds is 8. The Hall–Kier alpha value is -0.160. The van der Waals surface area contributed by atoms with Crippen LogP contribution in [0.5, 0.6) is 0 Å². The monoisotopic (exact) mass is 226 g/mol. The second-order valence-electron chi connectivity index (χ2n) is 3.41. The van der Waals surface area contributed by atoms with E-state index >= 15 is 0 Å². The third-order valence-corrected chi connectivity index (χ3v) is 2.44. The summed E-state index contributed by atoms with van der Waals surface area (Å²) >= 11 is 0. The van der Waals surface area contributed by atoms with Crippen LogP contribution >= 0.6 is 0 Å². The number of unbranched alkanes of at least 4 members (excludes halogenated alkanes) is 2. The molecule has 1 unspecified atom stereocenters. The first-order valence-electron chi connectivity index (χ1n) is 4.94. The lowest BCUT2D eigenvalue weighted by molar-refractivity contribution is 0.227. The molecule has 0 N–H and O–H groups in total. The van der Waals surface area contributed by atoms with Crippen LogP contribution in [0, 0.1) is 0 Å². The van der Waals surface area contributed by atoms with Gasteiger partial charge in [-0.2, -0.15) is 8.42 Å². The molecule has 0 amide bonds. The second-order valence-corrected chi connectivity index (χ2v) is 5.05. The van der Waals surface area contributed by atoms with Crippen LogP contribution in [0.25, 0.3) is 0 Å². The van der Waals surface area contributed by atoms with Crippen molar-refractivity contribution in [2.75, 3.05) is 12.9 Å². The Morgan fingerprint density at radius 3 is 2.43 bits per heavy atom. The standard InChI is InChI=1S/C9H19FO3S/c1-3-4-5-6-9(10)7-8-13-14(2,11)12/h9H,3-8H2,1-2H3. The van der Waals surface area contributed by atoms with E-state index in [1.165, 1.54) is 0 Å². The van der Waals surface area contributed by atoms with Crippen molar-refractivity contribution < 1.29 is 17.0 Å². The molecule has 1 atom stereocenters. The van der Waals surface area contributed by atoms with Gasteiger partial charge >= 0.3 is 0 Å². The summed E-state index contributed by atoms with van der Waals surface area (Å²) in [6.45, 7) is 2.01. The minimum atomic E-state index is -3.41. The van der Waals surface area contributed by atoms with Crippen molar-refractivity contribution in [1.82, 2.24) is 0 Å². The van der Waals surface area contributed by atoms with E-state index in [4.69, 9.17) is 0 Å². The van der Waals surface area contributed by atoms with E-state index in [0.717, 1.165) is 25.5 Å². The van der Waals surface area contributed by atoms with Crippen LogP contribution in [0.3, 0.4) is 0 Å². The first kappa shape index (κ1) is 13.8. The summed E-state index contributed by atoms with van der Waals surface area (Å²) in [5.74, 6) is 0. The van der Waals surface area contributed by atoms with E-state index in [2.05, 4.69) is 11.1 Å². The molecule has 0 aliphatic rings. The van der Waals surface area contributed by atoms with E-state index < -0.39 is 16.3 Å². The quantitative estimate of drug-likeness (QED) is 0.471. The van der Waals surface area contributed by atoms with Gasteiger partial charge in [0, 0.05) is 6.42 Å². The second kappa shape index (κ2) is 7.17. The number of hydrogen-bond donors (Lipinski definition) is 0. The van der Waals surface area contributed by atoms with Crippen LogP contribution in [0.4, 0.5) is 4.39 Å². The van der Waals surface area contributed by atoms with E-state index in [0.29, 0.717) is 6.42 Å². The average Bonchev–Trinajstić information content (AvgIpc) is 2.02. The highest BCUT2D eigenvalue weighted by Gasteiger charge is 2.08. The molecule has 0 fully saturated rings. The molecule has 0 rings (SSSR count). The van der Waals surface area contributed by atoms with E-state index in [1.807, 2.05) is 0 Å². The SMILES string of the molecule is CCCCCC(F)CCOS(C)(=O)=O. The van der Waals surface area contributed by atoms with E-state index in [-0.39, 0.29) is 13.0 Å². The molecule has 5 heteroatoms. The van der Waals surface area contributed by atoms with Gasteiger partial charge in [-0.3, -0.25) is 4.18 Å². The van der Waals surface area contributed by atoms with Crippen LogP contribution < -0.4 is 0 Å². The average molecular weight is 226 g/mol. The highest BCUT2D eigenvalue weighted by atomic mass is 32.2. The Bertz CT molecular complexity index is 226. The fraction of sp³-hybridized carbons (Fsp3) is 1.00. The first-order chi connectivity index (χ1) is 6.45. The molecule has 0 saturated heterocycles. The van der Waals surface area contributed by atoms with Crippen LogP contribution in [0.15, 0.2) is 0 Å². The highest BCUT2D eigenvalue weighted by Crippen LogP contribution is 2.10. The maximum atomic E-state index is 13.0. The molecule has 3 nitrogen and oxygen atoms in total. The van der Waals surface area contributed by atoms with Gasteiger partial charge in [0.25, 0.3) is 10.1 Å². The minimum absolute atomic E-state index is 0.0495. The fourth-order valence-electron chi connectivity index (χ4n) is 1.09. The van der Waals surface area contributed by atoms with Crippen molar-refractivity contribution in [3.8, 4) is 0 Å². The number of hydrogen-bond acceptors (Lipinski definition) is 3. The van der Waals surface area contributed by atoms with Crippen molar-refractivity contribution in [3.63, 3.8) is 0 Å². The number of halogens is 1. The molecule has 0 saturated carbocycles. The zero-order valence-corrected chi connectivity index (χ0v) is 9.65. The molecule has 0 aromatic heterocycles. The molecule has 0 aromatic rings. The summed E-state index contributed by atoms with van der Waals surface area (Å²) in [7, 11) is -3.41. The molecule has 0 aliphatic carbocycles. The fourth-order valence-corrected chi connectivity index (χ4v) is 1.49. The van der Waals surface area contributed by atoms with Gasteiger partial charge in [0.1, 0.15) is 6.17 Å². The lowest BCUT2D eigenvalue weighted by Gasteiger charge is -2.06. The Morgan fingerprint density at radius 2 is 1.93 bits per heavy atom. The van der Waals surface area contributed by atoms with Gasteiger partial charge in [-0.1, -0.05) is 26.2 Å². The molecule has 0 radical (unpaired) electrons. The Labute approximate surface area is 85.8 Å². The van der Waals surface area contributed by atoms with Crippen molar-refractivity contribution >= 4 is 10.1 Å². The van der Waals surface area contributed by atoms with Gasteiger partial charge in [0.15, 0.2) is 0 Å². The van der Waals surface area contributed by atoms with E-state index in [1.54, 1.807) is 0 Å². The van der Waals surface area contributed by atoms with Crippen LogP contribution in [-0.2, 0) is 14.3 Å². The largest absolute Gasteiger partial charge is 0.270 e. The topological polar surface area (TPSA) is 43.4 Å². The normalized spacial score (nSPS) is 14.2. The van der Waals surface area contributed by atoms with Crippen molar-refractivity contribution in [2.24, 2.45) is 0 Å². The van der Waals surface area contributed by atoms with Crippen molar-refractivity contribution in [3.05, 3.63) is 0 Å². The maximum absolute atomic E-state index is 13.0. The number of alkyl halides is 1. The van der Waals surface area contributed by atoms with Crippen molar-refractivity contribution in [1.29, 1.82) is 0 Å². The van der Waals surface area contributed by atoms with Gasteiger partial charge in [0.05, 0.1) is 12.9 Å². The molecule has 14 heavy (non-hydrogen) atoms. The predicted octanol–water partition coefficient (Wildman–Crippen LogP) is 2.27. The first-order valence-corrected chi connectivity index (χ1v) is 6.76. The third kappa shape index (κ3) is 9.92. The van der Waals surface area contributed by atoms with Gasteiger partial charge in [-0.25, -0.2) is 4.39 Å². The Kier molecular flexibility index (Phi) is 7.09. The van der Waals surface area contributed by atoms with Crippen molar-refractivity contribution in [2.45, 2.75) is 45.2 Å². The molecule has 0 aromatic carbocycles. The van der Waals surface area contributed by atoms with Gasteiger partial charge < -0.3 is 0 Å². The smallest absolute Gasteiger partial charge is 0.264 e. The van der Waals surface area contributed by atoms with Gasteiger partial charge in [0.2, 0.25) is 0 Å². The summed E-state index contributed by atoms with van der Waals surface area (Å²) in [5, 5.41) is 0. The molecule has 86 valence electrons. The lowest BCUT2D eigenvalue weighted by Crippen LogP contribution is -2.09. The van der Waals surface area contributed by atoms with Gasteiger partial charge in [-0.05, 0) is 6.42 Å².